The number of ether oxygens (including phenoxy) is 1. The number of aromatic nitrogens is 1. The summed E-state index contributed by atoms with van der Waals surface area (Å²) in [6.07, 6.45) is 0. The van der Waals surface area contributed by atoms with Crippen LogP contribution in [0.2, 0.25) is 0 Å². The maximum Gasteiger partial charge on any atom is 0.135 e. The molecule has 214 valence electrons. The summed E-state index contributed by atoms with van der Waals surface area (Å²) in [6, 6.07) is 59.0. The lowest BCUT2D eigenvalue weighted by Crippen LogP contribution is -1.97. The third kappa shape index (κ3) is 3.65. The Labute approximate surface area is 266 Å². The molecule has 0 amide bonds. The fourth-order valence-electron chi connectivity index (χ4n) is 7.50. The first-order valence-corrected chi connectivity index (χ1v) is 15.8. The van der Waals surface area contributed by atoms with Crippen molar-refractivity contribution in [3.8, 4) is 50.6 Å². The molecule has 2 heteroatoms. The highest BCUT2D eigenvalue weighted by Gasteiger charge is 2.21. The molecule has 9 aromatic rings. The summed E-state index contributed by atoms with van der Waals surface area (Å²) >= 11 is 0. The Morgan fingerprint density at radius 2 is 1.13 bits per heavy atom. The van der Waals surface area contributed by atoms with Gasteiger partial charge in [-0.05, 0) is 68.9 Å². The standard InChI is InChI=1S/C44H27NO/c1-2-12-34-29(9-1)23-24-39-35-13-3-5-17-40(35)45(44(34)39)32-11-7-10-31(27-32)28-19-21-30(22-20-28)33-25-26-42-43-37(33)15-8-16-38(43)36-14-4-6-18-41(36)46-42/h1-27H. The van der Waals surface area contributed by atoms with Crippen molar-refractivity contribution in [2.24, 2.45) is 0 Å². The van der Waals surface area contributed by atoms with Crippen LogP contribution >= 0.6 is 0 Å². The Morgan fingerprint density at radius 1 is 0.391 bits per heavy atom. The van der Waals surface area contributed by atoms with Gasteiger partial charge in [0, 0.05) is 32.8 Å². The Kier molecular flexibility index (Phi) is 5.31. The minimum absolute atomic E-state index is 0.913. The molecule has 0 aliphatic carbocycles. The zero-order valence-electron chi connectivity index (χ0n) is 24.9. The molecule has 2 heterocycles. The highest BCUT2D eigenvalue weighted by molar-refractivity contribution is 6.18. The van der Waals surface area contributed by atoms with E-state index in [0.29, 0.717) is 0 Å². The molecule has 8 aromatic carbocycles. The first-order valence-electron chi connectivity index (χ1n) is 15.8. The molecule has 1 aliphatic rings. The largest absolute Gasteiger partial charge is 0.456 e. The Hall–Kier alpha value is -6.12. The predicted molar refractivity (Wildman–Crippen MR) is 192 cm³/mol. The fraction of sp³-hybridized carbons (Fsp3) is 0. The van der Waals surface area contributed by atoms with E-state index in [2.05, 4.69) is 156 Å². The van der Waals surface area contributed by atoms with E-state index in [1.165, 1.54) is 71.2 Å². The molecule has 0 bridgehead atoms. The molecule has 0 atom stereocenters. The number of rotatable bonds is 3. The maximum absolute atomic E-state index is 6.33. The first kappa shape index (κ1) is 25.2. The normalized spacial score (nSPS) is 12.1. The van der Waals surface area contributed by atoms with Gasteiger partial charge in [0.25, 0.3) is 0 Å². The lowest BCUT2D eigenvalue weighted by molar-refractivity contribution is 0.487. The number of benzene rings is 8. The molecule has 0 spiro atoms. The van der Waals surface area contributed by atoms with E-state index in [1.54, 1.807) is 0 Å². The van der Waals surface area contributed by atoms with Gasteiger partial charge < -0.3 is 9.30 Å². The molecule has 0 radical (unpaired) electrons. The minimum atomic E-state index is 0.913. The summed E-state index contributed by atoms with van der Waals surface area (Å²) in [5.74, 6) is 1.83. The van der Waals surface area contributed by atoms with E-state index >= 15 is 0 Å². The van der Waals surface area contributed by atoms with E-state index in [1.807, 2.05) is 12.1 Å². The third-order valence-electron chi connectivity index (χ3n) is 9.59. The fourth-order valence-corrected chi connectivity index (χ4v) is 7.50. The van der Waals surface area contributed by atoms with Gasteiger partial charge in [-0.15, -0.1) is 0 Å². The van der Waals surface area contributed by atoms with Crippen molar-refractivity contribution >= 4 is 43.4 Å². The van der Waals surface area contributed by atoms with E-state index in [4.69, 9.17) is 4.74 Å². The molecule has 2 nitrogen and oxygen atoms in total. The average molecular weight is 586 g/mol. The van der Waals surface area contributed by atoms with E-state index in [9.17, 15) is 0 Å². The van der Waals surface area contributed by atoms with Gasteiger partial charge in [-0.1, -0.05) is 133 Å². The van der Waals surface area contributed by atoms with Gasteiger partial charge in [-0.25, -0.2) is 0 Å². The van der Waals surface area contributed by atoms with Crippen LogP contribution in [-0.4, -0.2) is 4.57 Å². The van der Waals surface area contributed by atoms with Crippen LogP contribution < -0.4 is 4.74 Å². The molecule has 10 rings (SSSR count). The molecule has 0 unspecified atom stereocenters. The van der Waals surface area contributed by atoms with Crippen molar-refractivity contribution < 1.29 is 4.74 Å². The Bertz CT molecular complexity index is 2660. The molecule has 1 aliphatic heterocycles. The zero-order valence-corrected chi connectivity index (χ0v) is 24.9. The molecule has 0 N–H and O–H groups in total. The van der Waals surface area contributed by atoms with Gasteiger partial charge in [0.1, 0.15) is 11.5 Å². The SMILES string of the molecule is c1cc(-c2ccc(-c3ccc4c5c(cccc35)-c3ccccc3O4)cc2)cc(-n2c3ccccc3c3ccc4ccccc4c32)c1. The van der Waals surface area contributed by atoms with Gasteiger partial charge in [0.2, 0.25) is 0 Å². The number of para-hydroxylation sites is 2. The van der Waals surface area contributed by atoms with Crippen LogP contribution in [-0.2, 0) is 0 Å². The van der Waals surface area contributed by atoms with Crippen molar-refractivity contribution in [1.29, 1.82) is 0 Å². The van der Waals surface area contributed by atoms with Gasteiger partial charge in [-0.2, -0.15) is 0 Å². The lowest BCUT2D eigenvalue weighted by Gasteiger charge is -2.22. The van der Waals surface area contributed by atoms with Crippen molar-refractivity contribution in [3.05, 3.63) is 164 Å². The monoisotopic (exact) mass is 585 g/mol. The van der Waals surface area contributed by atoms with Crippen LogP contribution in [0.25, 0.3) is 82.4 Å². The van der Waals surface area contributed by atoms with Crippen LogP contribution in [0.1, 0.15) is 0 Å². The summed E-state index contributed by atoms with van der Waals surface area (Å²) in [7, 11) is 0. The van der Waals surface area contributed by atoms with E-state index in [-0.39, 0.29) is 0 Å². The van der Waals surface area contributed by atoms with Gasteiger partial charge in [0.05, 0.1) is 11.0 Å². The van der Waals surface area contributed by atoms with Crippen molar-refractivity contribution in [2.45, 2.75) is 0 Å². The molecule has 1 aromatic heterocycles. The van der Waals surface area contributed by atoms with Crippen LogP contribution in [0.4, 0.5) is 0 Å². The maximum atomic E-state index is 6.33. The minimum Gasteiger partial charge on any atom is -0.456 e. The molecular weight excluding hydrogens is 558 g/mol. The molecule has 0 fully saturated rings. The van der Waals surface area contributed by atoms with Crippen LogP contribution in [0, 0.1) is 0 Å². The topological polar surface area (TPSA) is 14.2 Å². The lowest BCUT2D eigenvalue weighted by atomic mass is 9.90. The smallest absolute Gasteiger partial charge is 0.135 e. The summed E-state index contributed by atoms with van der Waals surface area (Å²) in [5, 5.41) is 7.44. The second-order valence-electron chi connectivity index (χ2n) is 12.1. The summed E-state index contributed by atoms with van der Waals surface area (Å²) < 4.78 is 8.77. The Balaban J connectivity index is 1.09. The third-order valence-corrected chi connectivity index (χ3v) is 9.59. The summed E-state index contributed by atoms with van der Waals surface area (Å²) in [4.78, 5) is 0. The molecule has 0 saturated heterocycles. The Morgan fingerprint density at radius 3 is 2.07 bits per heavy atom. The van der Waals surface area contributed by atoms with Gasteiger partial charge in [0.15, 0.2) is 0 Å². The van der Waals surface area contributed by atoms with E-state index in [0.717, 1.165) is 22.7 Å². The molecular formula is C44H27NO. The number of fused-ring (bicyclic) bond motifs is 7. The van der Waals surface area contributed by atoms with Crippen LogP contribution in [0.3, 0.4) is 0 Å². The first-order chi connectivity index (χ1) is 22.8. The summed E-state index contributed by atoms with van der Waals surface area (Å²) in [6.45, 7) is 0. The van der Waals surface area contributed by atoms with Crippen LogP contribution in [0.15, 0.2) is 164 Å². The zero-order chi connectivity index (χ0) is 30.2. The van der Waals surface area contributed by atoms with Crippen LogP contribution in [0.5, 0.6) is 11.5 Å². The highest BCUT2D eigenvalue weighted by Crippen LogP contribution is 2.48. The molecule has 46 heavy (non-hydrogen) atoms. The van der Waals surface area contributed by atoms with Gasteiger partial charge >= 0.3 is 0 Å². The number of nitrogens with zero attached hydrogens (tertiary/aromatic N) is 1. The second kappa shape index (κ2) is 9.69. The number of hydrogen-bond donors (Lipinski definition) is 0. The van der Waals surface area contributed by atoms with Gasteiger partial charge in [-0.3, -0.25) is 0 Å². The highest BCUT2D eigenvalue weighted by atomic mass is 16.5. The number of hydrogen-bond acceptors (Lipinski definition) is 1. The summed E-state index contributed by atoms with van der Waals surface area (Å²) in [5.41, 5.74) is 10.8. The van der Waals surface area contributed by atoms with Crippen molar-refractivity contribution in [1.82, 2.24) is 4.57 Å². The second-order valence-corrected chi connectivity index (χ2v) is 12.1. The van der Waals surface area contributed by atoms with Crippen molar-refractivity contribution in [3.63, 3.8) is 0 Å². The van der Waals surface area contributed by atoms with Crippen molar-refractivity contribution in [2.75, 3.05) is 0 Å². The quantitative estimate of drug-likeness (QED) is 0.201. The predicted octanol–water partition coefficient (Wildman–Crippen LogP) is 12.2. The average Bonchev–Trinajstić information content (AvgIpc) is 3.47. The van der Waals surface area contributed by atoms with E-state index < -0.39 is 0 Å². The molecule has 0 saturated carbocycles.